The second-order valence-electron chi connectivity index (χ2n) is 3.41. The predicted octanol–water partition coefficient (Wildman–Crippen LogP) is 3.16. The highest BCUT2D eigenvalue weighted by atomic mass is 16.6. The molecule has 17 heavy (non-hydrogen) atoms. The van der Waals surface area contributed by atoms with E-state index in [-0.39, 0.29) is 5.69 Å². The maximum atomic E-state index is 10.8. The Bertz CT molecular complexity index is 550. The molecule has 0 bridgehead atoms. The van der Waals surface area contributed by atoms with Crippen molar-refractivity contribution in [1.29, 1.82) is 0 Å². The first-order valence-corrected chi connectivity index (χ1v) is 5.10. The van der Waals surface area contributed by atoms with Crippen molar-refractivity contribution in [1.82, 2.24) is 4.98 Å². The molecule has 84 valence electrons. The lowest BCUT2D eigenvalue weighted by molar-refractivity contribution is -0.385. The average molecular weight is 226 g/mol. The molecule has 0 N–H and O–H groups in total. The van der Waals surface area contributed by atoms with Gasteiger partial charge in [0.2, 0.25) is 0 Å². The minimum absolute atomic E-state index is 0.0136. The molecule has 0 amide bonds. The van der Waals surface area contributed by atoms with Gasteiger partial charge in [-0.05, 0) is 17.7 Å². The Labute approximate surface area is 98.4 Å². The van der Waals surface area contributed by atoms with Crippen LogP contribution in [0.3, 0.4) is 0 Å². The van der Waals surface area contributed by atoms with Gasteiger partial charge < -0.3 is 0 Å². The smallest absolute Gasteiger partial charge is 0.258 e. The standard InChI is InChI=1S/C13H10N2O2/c16-15(17)13-7-4-10-14-12(13)9-8-11-5-2-1-3-6-11/h1-10H/b9-8+. The van der Waals surface area contributed by atoms with Gasteiger partial charge >= 0.3 is 0 Å². The summed E-state index contributed by atoms with van der Waals surface area (Å²) in [6.45, 7) is 0. The van der Waals surface area contributed by atoms with Crippen LogP contribution >= 0.6 is 0 Å². The number of rotatable bonds is 3. The molecule has 4 heteroatoms. The third-order valence-electron chi connectivity index (χ3n) is 2.25. The SMILES string of the molecule is O=[N+]([O-])c1cccnc1/C=C/c1ccccc1. The van der Waals surface area contributed by atoms with E-state index in [1.807, 2.05) is 30.3 Å². The van der Waals surface area contributed by atoms with E-state index in [1.54, 1.807) is 18.2 Å². The zero-order chi connectivity index (χ0) is 12.1. The molecule has 2 aromatic rings. The number of pyridine rings is 1. The first kappa shape index (κ1) is 11.0. The number of nitro groups is 1. The van der Waals surface area contributed by atoms with Crippen LogP contribution in [0, 0.1) is 10.1 Å². The van der Waals surface area contributed by atoms with Crippen molar-refractivity contribution in [2.75, 3.05) is 0 Å². The number of hydrogen-bond acceptors (Lipinski definition) is 3. The van der Waals surface area contributed by atoms with E-state index in [9.17, 15) is 10.1 Å². The quantitative estimate of drug-likeness (QED) is 0.596. The van der Waals surface area contributed by atoms with E-state index in [0.29, 0.717) is 5.69 Å². The summed E-state index contributed by atoms with van der Waals surface area (Å²) in [5, 5.41) is 10.8. The highest BCUT2D eigenvalue weighted by Gasteiger charge is 2.10. The highest BCUT2D eigenvalue weighted by molar-refractivity contribution is 5.71. The third-order valence-corrected chi connectivity index (χ3v) is 2.25. The largest absolute Gasteiger partial charge is 0.294 e. The van der Waals surface area contributed by atoms with Crippen molar-refractivity contribution < 1.29 is 4.92 Å². The maximum Gasteiger partial charge on any atom is 0.294 e. The summed E-state index contributed by atoms with van der Waals surface area (Å²) in [6, 6.07) is 12.6. The summed E-state index contributed by atoms with van der Waals surface area (Å²) in [5.74, 6) is 0. The van der Waals surface area contributed by atoms with Gasteiger partial charge in [0.1, 0.15) is 5.69 Å². The molecule has 0 radical (unpaired) electrons. The number of aromatic nitrogens is 1. The fraction of sp³-hybridized carbons (Fsp3) is 0. The van der Waals surface area contributed by atoms with E-state index in [0.717, 1.165) is 5.56 Å². The van der Waals surface area contributed by atoms with Gasteiger partial charge in [-0.1, -0.05) is 36.4 Å². The van der Waals surface area contributed by atoms with Crippen molar-refractivity contribution in [2.24, 2.45) is 0 Å². The molecule has 1 aromatic carbocycles. The van der Waals surface area contributed by atoms with Crippen LogP contribution in [0.4, 0.5) is 5.69 Å². The molecule has 4 nitrogen and oxygen atoms in total. The van der Waals surface area contributed by atoms with Crippen LogP contribution in [-0.2, 0) is 0 Å². The first-order valence-electron chi connectivity index (χ1n) is 5.10. The summed E-state index contributed by atoms with van der Waals surface area (Å²) in [5.41, 5.74) is 1.36. The Kier molecular flexibility index (Phi) is 3.25. The third kappa shape index (κ3) is 2.75. The summed E-state index contributed by atoms with van der Waals surface area (Å²) in [6.07, 6.45) is 4.99. The molecule has 0 fully saturated rings. The van der Waals surface area contributed by atoms with Crippen molar-refractivity contribution in [2.45, 2.75) is 0 Å². The van der Waals surface area contributed by atoms with Crippen molar-refractivity contribution >= 4 is 17.8 Å². The van der Waals surface area contributed by atoms with Gasteiger partial charge in [-0.3, -0.25) is 10.1 Å². The lowest BCUT2D eigenvalue weighted by Gasteiger charge is -1.95. The van der Waals surface area contributed by atoms with Crippen LogP contribution in [0.1, 0.15) is 11.3 Å². The normalized spacial score (nSPS) is 10.6. The van der Waals surface area contributed by atoms with Gasteiger partial charge in [0, 0.05) is 12.3 Å². The summed E-state index contributed by atoms with van der Waals surface area (Å²) >= 11 is 0. The number of benzene rings is 1. The van der Waals surface area contributed by atoms with E-state index >= 15 is 0 Å². The second kappa shape index (κ2) is 5.03. The van der Waals surface area contributed by atoms with E-state index in [4.69, 9.17) is 0 Å². The molecular weight excluding hydrogens is 216 g/mol. The fourth-order valence-electron chi connectivity index (χ4n) is 1.43. The molecule has 0 aliphatic rings. The Balaban J connectivity index is 2.30. The lowest BCUT2D eigenvalue weighted by Crippen LogP contribution is -1.92. The van der Waals surface area contributed by atoms with E-state index in [2.05, 4.69) is 4.98 Å². The lowest BCUT2D eigenvalue weighted by atomic mass is 10.2. The summed E-state index contributed by atoms with van der Waals surface area (Å²) < 4.78 is 0. The molecule has 0 saturated heterocycles. The fourth-order valence-corrected chi connectivity index (χ4v) is 1.43. The molecule has 1 heterocycles. The number of hydrogen-bond donors (Lipinski definition) is 0. The topological polar surface area (TPSA) is 56.0 Å². The molecule has 0 spiro atoms. The minimum atomic E-state index is -0.433. The van der Waals surface area contributed by atoms with Crippen LogP contribution in [-0.4, -0.2) is 9.91 Å². The van der Waals surface area contributed by atoms with E-state index in [1.165, 1.54) is 12.3 Å². The van der Waals surface area contributed by atoms with Gasteiger partial charge in [-0.2, -0.15) is 0 Å². The van der Waals surface area contributed by atoms with Crippen LogP contribution in [0.25, 0.3) is 12.2 Å². The second-order valence-corrected chi connectivity index (χ2v) is 3.41. The van der Waals surface area contributed by atoms with Crippen molar-refractivity contribution in [3.8, 4) is 0 Å². The summed E-state index contributed by atoms with van der Waals surface area (Å²) in [7, 11) is 0. The molecule has 2 rings (SSSR count). The molecule has 0 atom stereocenters. The van der Waals surface area contributed by atoms with Gasteiger partial charge in [0.25, 0.3) is 5.69 Å². The van der Waals surface area contributed by atoms with Crippen LogP contribution in [0.5, 0.6) is 0 Å². The Morgan fingerprint density at radius 1 is 1.06 bits per heavy atom. The van der Waals surface area contributed by atoms with Crippen molar-refractivity contribution in [3.63, 3.8) is 0 Å². The monoisotopic (exact) mass is 226 g/mol. The van der Waals surface area contributed by atoms with Crippen LogP contribution < -0.4 is 0 Å². The molecule has 0 unspecified atom stereocenters. The van der Waals surface area contributed by atoms with Gasteiger partial charge in [0.15, 0.2) is 0 Å². The van der Waals surface area contributed by atoms with Crippen LogP contribution in [0.2, 0.25) is 0 Å². The van der Waals surface area contributed by atoms with Gasteiger partial charge in [-0.15, -0.1) is 0 Å². The number of nitrogens with zero attached hydrogens (tertiary/aromatic N) is 2. The molecular formula is C13H10N2O2. The minimum Gasteiger partial charge on any atom is -0.258 e. The van der Waals surface area contributed by atoms with Crippen molar-refractivity contribution in [3.05, 3.63) is 70.0 Å². The summed E-state index contributed by atoms with van der Waals surface area (Å²) in [4.78, 5) is 14.3. The highest BCUT2D eigenvalue weighted by Crippen LogP contribution is 2.17. The average Bonchev–Trinajstić information content (AvgIpc) is 2.38. The Hall–Kier alpha value is -2.49. The maximum absolute atomic E-state index is 10.8. The Morgan fingerprint density at radius 3 is 2.53 bits per heavy atom. The van der Waals surface area contributed by atoms with E-state index < -0.39 is 4.92 Å². The first-order chi connectivity index (χ1) is 8.27. The Morgan fingerprint density at radius 2 is 1.82 bits per heavy atom. The molecule has 0 saturated carbocycles. The zero-order valence-corrected chi connectivity index (χ0v) is 8.98. The van der Waals surface area contributed by atoms with Gasteiger partial charge in [-0.25, -0.2) is 4.98 Å². The molecule has 0 aliphatic carbocycles. The van der Waals surface area contributed by atoms with Gasteiger partial charge in [0.05, 0.1) is 4.92 Å². The van der Waals surface area contributed by atoms with Crippen LogP contribution in [0.15, 0.2) is 48.7 Å². The molecule has 0 aliphatic heterocycles. The predicted molar refractivity (Wildman–Crippen MR) is 66.3 cm³/mol. The molecule has 1 aromatic heterocycles. The zero-order valence-electron chi connectivity index (χ0n) is 8.98.